The summed E-state index contributed by atoms with van der Waals surface area (Å²) in [5.74, 6) is 0.723. The first kappa shape index (κ1) is 10.7. The van der Waals surface area contributed by atoms with E-state index in [4.69, 9.17) is 0 Å². The first-order valence-corrected chi connectivity index (χ1v) is 4.94. The van der Waals surface area contributed by atoms with Gasteiger partial charge in [0.2, 0.25) is 0 Å². The minimum Gasteiger partial charge on any atom is -0.0883 e. The normalized spacial score (nSPS) is 11.6. The Hall–Kier alpha value is -0.260. The van der Waals surface area contributed by atoms with Crippen molar-refractivity contribution in [3.8, 4) is 0 Å². The van der Waals surface area contributed by atoms with E-state index >= 15 is 0 Å². The highest BCUT2D eigenvalue weighted by atomic mass is 13.9. The van der Waals surface area contributed by atoms with Crippen LogP contribution in [0.3, 0.4) is 0 Å². The fourth-order valence-electron chi connectivity index (χ4n) is 1.06. The van der Waals surface area contributed by atoms with Crippen molar-refractivity contribution in [2.45, 2.75) is 52.9 Å². The molecule has 0 N–H and O–H groups in total. The molecule has 0 atom stereocenters. The van der Waals surface area contributed by atoms with Crippen molar-refractivity contribution in [2.24, 2.45) is 5.92 Å². The van der Waals surface area contributed by atoms with Crippen LogP contribution in [0.15, 0.2) is 12.2 Å². The molecule has 0 heterocycles. The zero-order valence-corrected chi connectivity index (χ0v) is 8.27. The van der Waals surface area contributed by atoms with Crippen molar-refractivity contribution in [3.05, 3.63) is 12.2 Å². The summed E-state index contributed by atoms with van der Waals surface area (Å²) < 4.78 is 0. The predicted octanol–water partition coefficient (Wildman–Crippen LogP) is 4.17. The van der Waals surface area contributed by atoms with E-state index in [1.54, 1.807) is 0 Å². The van der Waals surface area contributed by atoms with Crippen LogP contribution >= 0.6 is 0 Å². The summed E-state index contributed by atoms with van der Waals surface area (Å²) in [4.78, 5) is 0. The van der Waals surface area contributed by atoms with E-state index in [-0.39, 0.29) is 0 Å². The summed E-state index contributed by atoms with van der Waals surface area (Å²) in [6, 6.07) is 0. The van der Waals surface area contributed by atoms with E-state index in [1.165, 1.54) is 32.1 Å². The van der Waals surface area contributed by atoms with E-state index < -0.39 is 0 Å². The Bertz CT molecular complexity index is 90.2. The molecule has 0 aliphatic rings. The van der Waals surface area contributed by atoms with Crippen LogP contribution in [-0.4, -0.2) is 0 Å². The lowest BCUT2D eigenvalue weighted by atomic mass is 10.1. The molecule has 0 amide bonds. The summed E-state index contributed by atoms with van der Waals surface area (Å²) in [7, 11) is 0. The summed E-state index contributed by atoms with van der Waals surface area (Å²) in [6.45, 7) is 6.70. The molecule has 0 aromatic carbocycles. The maximum Gasteiger partial charge on any atom is -0.0290 e. The summed E-state index contributed by atoms with van der Waals surface area (Å²) in [6.07, 6.45) is 11.4. The summed E-state index contributed by atoms with van der Waals surface area (Å²) >= 11 is 0. The van der Waals surface area contributed by atoms with Gasteiger partial charge < -0.3 is 0 Å². The molecule has 66 valence electrons. The Morgan fingerprint density at radius 1 is 1.09 bits per heavy atom. The zero-order chi connectivity index (χ0) is 8.53. The van der Waals surface area contributed by atoms with Crippen LogP contribution in [0.4, 0.5) is 0 Å². The monoisotopic (exact) mass is 154 g/mol. The van der Waals surface area contributed by atoms with Crippen LogP contribution in [0.5, 0.6) is 0 Å². The van der Waals surface area contributed by atoms with Gasteiger partial charge in [-0.3, -0.25) is 0 Å². The number of hydrogen-bond acceptors (Lipinski definition) is 0. The van der Waals surface area contributed by atoms with E-state index in [1.807, 2.05) is 0 Å². The minimum atomic E-state index is 0.723. The SMILES string of the molecule is CCCCCC/C=C/C(C)C. The molecule has 0 unspecified atom stereocenters. The summed E-state index contributed by atoms with van der Waals surface area (Å²) in [5.41, 5.74) is 0. The van der Waals surface area contributed by atoms with Gasteiger partial charge >= 0.3 is 0 Å². The van der Waals surface area contributed by atoms with Gasteiger partial charge in [-0.2, -0.15) is 0 Å². The minimum absolute atomic E-state index is 0.723. The lowest BCUT2D eigenvalue weighted by molar-refractivity contribution is 0.672. The standard InChI is InChI=1S/C11H22/c1-4-5-6-7-8-9-10-11(2)3/h9-11H,4-8H2,1-3H3/b10-9+. The summed E-state index contributed by atoms with van der Waals surface area (Å²) in [5, 5.41) is 0. The molecule has 0 aliphatic carbocycles. The Morgan fingerprint density at radius 2 is 1.82 bits per heavy atom. The van der Waals surface area contributed by atoms with Crippen LogP contribution in [0, 0.1) is 5.92 Å². The first-order valence-electron chi connectivity index (χ1n) is 4.94. The number of allylic oxidation sites excluding steroid dienone is 2. The van der Waals surface area contributed by atoms with Crippen LogP contribution in [0.2, 0.25) is 0 Å². The molecule has 0 aromatic rings. The average Bonchev–Trinajstić information content (AvgIpc) is 1.96. The van der Waals surface area contributed by atoms with Crippen molar-refractivity contribution in [1.82, 2.24) is 0 Å². The molecule has 0 radical (unpaired) electrons. The van der Waals surface area contributed by atoms with E-state index in [2.05, 4.69) is 32.9 Å². The van der Waals surface area contributed by atoms with Crippen molar-refractivity contribution < 1.29 is 0 Å². The van der Waals surface area contributed by atoms with Crippen LogP contribution in [0.1, 0.15) is 52.9 Å². The van der Waals surface area contributed by atoms with Crippen molar-refractivity contribution in [3.63, 3.8) is 0 Å². The highest BCUT2D eigenvalue weighted by molar-refractivity contribution is 4.83. The van der Waals surface area contributed by atoms with Crippen LogP contribution < -0.4 is 0 Å². The molecule has 0 spiro atoms. The third-order valence-electron chi connectivity index (χ3n) is 1.75. The highest BCUT2D eigenvalue weighted by Crippen LogP contribution is 2.04. The Balaban J connectivity index is 3.01. The smallest absolute Gasteiger partial charge is 0.0290 e. The molecule has 0 aromatic heterocycles. The second-order valence-corrected chi connectivity index (χ2v) is 3.52. The maximum absolute atomic E-state index is 2.32. The lowest BCUT2D eigenvalue weighted by Gasteiger charge is -1.95. The second-order valence-electron chi connectivity index (χ2n) is 3.52. The zero-order valence-electron chi connectivity index (χ0n) is 8.27. The molecule has 0 saturated carbocycles. The van der Waals surface area contributed by atoms with E-state index in [9.17, 15) is 0 Å². The van der Waals surface area contributed by atoms with Gasteiger partial charge in [-0.15, -0.1) is 0 Å². The van der Waals surface area contributed by atoms with Gasteiger partial charge in [0.15, 0.2) is 0 Å². The third-order valence-corrected chi connectivity index (χ3v) is 1.75. The lowest BCUT2D eigenvalue weighted by Crippen LogP contribution is -1.78. The van der Waals surface area contributed by atoms with Crippen molar-refractivity contribution in [1.29, 1.82) is 0 Å². The second kappa shape index (κ2) is 7.84. The van der Waals surface area contributed by atoms with Gasteiger partial charge in [0.05, 0.1) is 0 Å². The molecule has 0 nitrogen and oxygen atoms in total. The Kier molecular flexibility index (Phi) is 7.66. The molecule has 0 rings (SSSR count). The quantitative estimate of drug-likeness (QED) is 0.398. The molecular formula is C11H22. The van der Waals surface area contributed by atoms with Gasteiger partial charge in [-0.1, -0.05) is 52.2 Å². The highest BCUT2D eigenvalue weighted by Gasteiger charge is 1.85. The average molecular weight is 154 g/mol. The number of rotatable bonds is 6. The number of hydrogen-bond donors (Lipinski definition) is 0. The van der Waals surface area contributed by atoms with Gasteiger partial charge in [0, 0.05) is 0 Å². The Labute approximate surface area is 71.7 Å². The fourth-order valence-corrected chi connectivity index (χ4v) is 1.06. The van der Waals surface area contributed by atoms with E-state index in [0.29, 0.717) is 0 Å². The van der Waals surface area contributed by atoms with Crippen molar-refractivity contribution >= 4 is 0 Å². The molecule has 0 aliphatic heterocycles. The topological polar surface area (TPSA) is 0 Å². The molecule has 11 heavy (non-hydrogen) atoms. The van der Waals surface area contributed by atoms with Crippen LogP contribution in [0.25, 0.3) is 0 Å². The largest absolute Gasteiger partial charge is 0.0883 e. The predicted molar refractivity (Wildman–Crippen MR) is 52.7 cm³/mol. The van der Waals surface area contributed by atoms with Crippen molar-refractivity contribution in [2.75, 3.05) is 0 Å². The first-order chi connectivity index (χ1) is 5.27. The van der Waals surface area contributed by atoms with Gasteiger partial charge in [-0.05, 0) is 18.8 Å². The molecule has 0 fully saturated rings. The number of unbranched alkanes of at least 4 members (excludes halogenated alkanes) is 4. The van der Waals surface area contributed by atoms with Gasteiger partial charge in [0.25, 0.3) is 0 Å². The van der Waals surface area contributed by atoms with E-state index in [0.717, 1.165) is 5.92 Å². The molecule has 0 saturated heterocycles. The maximum atomic E-state index is 2.32. The van der Waals surface area contributed by atoms with Gasteiger partial charge in [-0.25, -0.2) is 0 Å². The third kappa shape index (κ3) is 9.74. The molecule has 0 bridgehead atoms. The Morgan fingerprint density at radius 3 is 2.36 bits per heavy atom. The van der Waals surface area contributed by atoms with Gasteiger partial charge in [0.1, 0.15) is 0 Å². The fraction of sp³-hybridized carbons (Fsp3) is 0.818. The van der Waals surface area contributed by atoms with Crippen LogP contribution in [-0.2, 0) is 0 Å². The molecule has 0 heteroatoms. The molecular weight excluding hydrogens is 132 g/mol.